The number of rotatable bonds is 4. The van der Waals surface area contributed by atoms with Crippen molar-refractivity contribution in [2.75, 3.05) is 11.9 Å². The lowest BCUT2D eigenvalue weighted by molar-refractivity contribution is 0.713. The minimum atomic E-state index is 0.648. The highest BCUT2D eigenvalue weighted by atomic mass is 32.1. The van der Waals surface area contributed by atoms with Gasteiger partial charge < -0.3 is 4.90 Å². The number of hydrogen-bond donors (Lipinski definition) is 1. The zero-order valence-corrected chi connectivity index (χ0v) is 10.7. The second-order valence-corrected chi connectivity index (χ2v) is 4.14. The Labute approximate surface area is 105 Å². The Bertz CT molecular complexity index is 530. The van der Waals surface area contributed by atoms with E-state index < -0.39 is 0 Å². The molecule has 0 unspecified atom stereocenters. The van der Waals surface area contributed by atoms with E-state index in [9.17, 15) is 0 Å². The van der Waals surface area contributed by atoms with E-state index in [1.54, 1.807) is 6.20 Å². The molecule has 2 heterocycles. The second kappa shape index (κ2) is 5.09. The molecule has 0 saturated carbocycles. The van der Waals surface area contributed by atoms with Crippen molar-refractivity contribution in [3.05, 3.63) is 34.9 Å². The fourth-order valence-corrected chi connectivity index (χ4v) is 1.95. The first-order valence-corrected chi connectivity index (χ1v) is 5.89. The zero-order valence-electron chi connectivity index (χ0n) is 9.92. The van der Waals surface area contributed by atoms with Gasteiger partial charge in [-0.1, -0.05) is 6.07 Å². The predicted octanol–water partition coefficient (Wildman–Crippen LogP) is 1.99. The molecule has 0 saturated heterocycles. The van der Waals surface area contributed by atoms with Crippen LogP contribution in [0.15, 0.2) is 24.4 Å². The molecule has 0 amide bonds. The van der Waals surface area contributed by atoms with Crippen LogP contribution in [0, 0.1) is 4.77 Å². The molecule has 2 aromatic rings. The van der Waals surface area contributed by atoms with Gasteiger partial charge in [0.2, 0.25) is 5.95 Å². The highest BCUT2D eigenvalue weighted by Crippen LogP contribution is 2.11. The molecule has 0 spiro atoms. The maximum Gasteiger partial charge on any atom is 0.225 e. The molecule has 0 fully saturated rings. The van der Waals surface area contributed by atoms with Crippen LogP contribution in [0.4, 0.5) is 5.95 Å². The summed E-state index contributed by atoms with van der Waals surface area (Å²) in [5, 5.41) is 7.04. The van der Waals surface area contributed by atoms with Crippen molar-refractivity contribution in [1.29, 1.82) is 0 Å². The lowest BCUT2D eigenvalue weighted by Crippen LogP contribution is -2.21. The minimum absolute atomic E-state index is 0.648. The third-order valence-corrected chi connectivity index (χ3v) is 2.83. The number of anilines is 1. The predicted molar refractivity (Wildman–Crippen MR) is 69.4 cm³/mol. The van der Waals surface area contributed by atoms with Crippen molar-refractivity contribution in [2.24, 2.45) is 0 Å². The molecular formula is C11H15N5S. The van der Waals surface area contributed by atoms with E-state index in [4.69, 9.17) is 12.2 Å². The summed E-state index contributed by atoms with van der Waals surface area (Å²) in [5.74, 6) is 0.836. The van der Waals surface area contributed by atoms with Crippen LogP contribution in [0.5, 0.6) is 0 Å². The van der Waals surface area contributed by atoms with Crippen molar-refractivity contribution >= 4 is 18.2 Å². The van der Waals surface area contributed by atoms with Crippen molar-refractivity contribution in [3.8, 4) is 0 Å². The number of pyridine rings is 1. The largest absolute Gasteiger partial charge is 0.338 e. The Balaban J connectivity index is 2.20. The number of hydrogen-bond acceptors (Lipinski definition) is 4. The molecule has 0 radical (unpaired) electrons. The highest BCUT2D eigenvalue weighted by molar-refractivity contribution is 7.71. The Morgan fingerprint density at radius 1 is 1.47 bits per heavy atom. The van der Waals surface area contributed by atoms with E-state index in [-0.39, 0.29) is 0 Å². The molecular weight excluding hydrogens is 234 g/mol. The van der Waals surface area contributed by atoms with Crippen molar-refractivity contribution in [2.45, 2.75) is 20.0 Å². The Morgan fingerprint density at radius 3 is 2.94 bits per heavy atom. The lowest BCUT2D eigenvalue weighted by Gasteiger charge is -2.17. The maximum atomic E-state index is 5.16. The molecule has 6 heteroatoms. The Morgan fingerprint density at radius 2 is 2.29 bits per heavy atom. The fourth-order valence-electron chi connectivity index (χ4n) is 1.69. The van der Waals surface area contributed by atoms with E-state index in [0.717, 1.165) is 18.2 Å². The highest BCUT2D eigenvalue weighted by Gasteiger charge is 2.10. The quantitative estimate of drug-likeness (QED) is 0.842. The number of aromatic nitrogens is 4. The summed E-state index contributed by atoms with van der Waals surface area (Å²) in [6.07, 6.45) is 1.79. The van der Waals surface area contributed by atoms with Gasteiger partial charge in [-0.05, 0) is 31.3 Å². The van der Waals surface area contributed by atoms with E-state index >= 15 is 0 Å². The van der Waals surface area contributed by atoms with Gasteiger partial charge in [-0.25, -0.2) is 5.10 Å². The van der Waals surface area contributed by atoms with Crippen LogP contribution >= 0.6 is 12.2 Å². The molecule has 0 aromatic carbocycles. The molecule has 2 rings (SSSR count). The third kappa shape index (κ3) is 2.52. The van der Waals surface area contributed by atoms with Gasteiger partial charge in [-0.15, -0.1) is 5.10 Å². The average Bonchev–Trinajstić information content (AvgIpc) is 2.71. The first-order valence-electron chi connectivity index (χ1n) is 5.48. The van der Waals surface area contributed by atoms with Crippen LogP contribution < -0.4 is 4.90 Å². The molecule has 0 bridgehead atoms. The van der Waals surface area contributed by atoms with Gasteiger partial charge in [0.1, 0.15) is 0 Å². The minimum Gasteiger partial charge on any atom is -0.338 e. The van der Waals surface area contributed by atoms with Crippen molar-refractivity contribution in [1.82, 2.24) is 19.7 Å². The monoisotopic (exact) mass is 249 g/mol. The second-order valence-electron chi connectivity index (χ2n) is 3.75. The van der Waals surface area contributed by atoms with Crippen LogP contribution in [0.3, 0.4) is 0 Å². The summed E-state index contributed by atoms with van der Waals surface area (Å²) in [6.45, 7) is 3.56. The Hall–Kier alpha value is -1.69. The third-order valence-electron chi connectivity index (χ3n) is 2.52. The van der Waals surface area contributed by atoms with Gasteiger partial charge in [0.25, 0.3) is 0 Å². The molecule has 0 atom stereocenters. The molecule has 0 aliphatic heterocycles. The van der Waals surface area contributed by atoms with Crippen LogP contribution in [-0.2, 0) is 13.1 Å². The summed E-state index contributed by atoms with van der Waals surface area (Å²) in [6, 6.07) is 5.88. The summed E-state index contributed by atoms with van der Waals surface area (Å²) in [4.78, 5) is 6.32. The summed E-state index contributed by atoms with van der Waals surface area (Å²) >= 11 is 5.16. The molecule has 2 aromatic heterocycles. The molecule has 0 aliphatic carbocycles. The lowest BCUT2D eigenvalue weighted by atomic mass is 10.3. The SMILES string of the molecule is CCn1c(N(C)Cc2ccccn2)n[nH]c1=S. The van der Waals surface area contributed by atoms with E-state index in [2.05, 4.69) is 15.2 Å². The molecule has 0 aliphatic rings. The fraction of sp³-hybridized carbons (Fsp3) is 0.364. The van der Waals surface area contributed by atoms with Gasteiger partial charge in [0, 0.05) is 19.8 Å². The van der Waals surface area contributed by atoms with Crippen LogP contribution in [0.2, 0.25) is 0 Å². The summed E-state index contributed by atoms with van der Waals surface area (Å²) < 4.78 is 2.61. The average molecular weight is 249 g/mol. The normalized spacial score (nSPS) is 10.5. The van der Waals surface area contributed by atoms with E-state index in [1.165, 1.54) is 0 Å². The van der Waals surface area contributed by atoms with Crippen LogP contribution in [0.25, 0.3) is 0 Å². The van der Waals surface area contributed by atoms with Gasteiger partial charge in [-0.3, -0.25) is 9.55 Å². The van der Waals surface area contributed by atoms with Crippen molar-refractivity contribution < 1.29 is 0 Å². The number of nitrogens with zero attached hydrogens (tertiary/aromatic N) is 4. The zero-order chi connectivity index (χ0) is 12.3. The van der Waals surface area contributed by atoms with E-state index in [1.807, 2.05) is 41.6 Å². The van der Waals surface area contributed by atoms with Gasteiger partial charge in [0.15, 0.2) is 4.77 Å². The number of nitrogens with one attached hydrogen (secondary N) is 1. The molecule has 1 N–H and O–H groups in total. The first kappa shape index (κ1) is 11.8. The van der Waals surface area contributed by atoms with Gasteiger partial charge in [-0.2, -0.15) is 0 Å². The summed E-state index contributed by atoms with van der Waals surface area (Å²) in [5.41, 5.74) is 1.01. The smallest absolute Gasteiger partial charge is 0.225 e. The van der Waals surface area contributed by atoms with Crippen molar-refractivity contribution in [3.63, 3.8) is 0 Å². The molecule has 90 valence electrons. The van der Waals surface area contributed by atoms with Gasteiger partial charge in [0.05, 0.1) is 12.2 Å². The first-order chi connectivity index (χ1) is 8.22. The standard InChI is InChI=1S/C11H15N5S/c1-3-16-10(13-14-11(16)17)15(2)8-9-6-4-5-7-12-9/h4-7H,3,8H2,1-2H3,(H,14,17). The Kier molecular flexibility index (Phi) is 3.53. The summed E-state index contributed by atoms with van der Waals surface area (Å²) in [7, 11) is 1.98. The van der Waals surface area contributed by atoms with Crippen LogP contribution in [-0.4, -0.2) is 26.8 Å². The van der Waals surface area contributed by atoms with Gasteiger partial charge >= 0.3 is 0 Å². The number of aromatic amines is 1. The van der Waals surface area contributed by atoms with Crippen LogP contribution in [0.1, 0.15) is 12.6 Å². The topological polar surface area (TPSA) is 49.7 Å². The van der Waals surface area contributed by atoms with E-state index in [0.29, 0.717) is 11.3 Å². The molecule has 5 nitrogen and oxygen atoms in total. The number of H-pyrrole nitrogens is 1. The molecule has 17 heavy (non-hydrogen) atoms. The maximum absolute atomic E-state index is 5.16.